The number of hydrogen-bond donors (Lipinski definition) is 1. The van der Waals surface area contributed by atoms with Crippen LogP contribution in [0.5, 0.6) is 0 Å². The second-order valence-corrected chi connectivity index (χ2v) is 4.69. The fourth-order valence-corrected chi connectivity index (χ4v) is 2.25. The first kappa shape index (κ1) is 12.1. The van der Waals surface area contributed by atoms with Crippen molar-refractivity contribution in [3.63, 3.8) is 0 Å². The summed E-state index contributed by atoms with van der Waals surface area (Å²) in [5, 5.41) is 12.3. The van der Waals surface area contributed by atoms with Gasteiger partial charge in [0.1, 0.15) is 0 Å². The van der Waals surface area contributed by atoms with Crippen LogP contribution in [0, 0.1) is 6.92 Å². The van der Waals surface area contributed by atoms with E-state index in [1.54, 1.807) is 16.4 Å². The molecule has 0 aliphatic rings. The molecule has 90 valence electrons. The molecule has 0 atom stereocenters. The van der Waals surface area contributed by atoms with Gasteiger partial charge in [-0.1, -0.05) is 41.6 Å². The second kappa shape index (κ2) is 5.79. The van der Waals surface area contributed by atoms with E-state index in [9.17, 15) is 0 Å². The lowest BCUT2D eigenvalue weighted by Crippen LogP contribution is -2.12. The van der Waals surface area contributed by atoms with Gasteiger partial charge in [-0.05, 0) is 22.9 Å². The van der Waals surface area contributed by atoms with Crippen LogP contribution in [0.2, 0.25) is 0 Å². The number of benzene rings is 1. The van der Waals surface area contributed by atoms with E-state index in [-0.39, 0.29) is 0 Å². The molecule has 2 aromatic rings. The van der Waals surface area contributed by atoms with Gasteiger partial charge in [-0.2, -0.15) is 0 Å². The third-order valence-electron chi connectivity index (χ3n) is 2.33. The van der Waals surface area contributed by atoms with Crippen molar-refractivity contribution in [2.45, 2.75) is 24.4 Å². The maximum absolute atomic E-state index is 5.49. The zero-order valence-corrected chi connectivity index (χ0v) is 10.5. The first-order valence-electron chi connectivity index (χ1n) is 5.44. The summed E-state index contributed by atoms with van der Waals surface area (Å²) in [5.74, 6) is 0.866. The smallest absolute Gasteiger partial charge is 0.209 e. The third kappa shape index (κ3) is 3.28. The van der Waals surface area contributed by atoms with Crippen molar-refractivity contribution in [2.75, 3.05) is 6.54 Å². The molecule has 6 heteroatoms. The van der Waals surface area contributed by atoms with Gasteiger partial charge in [0.15, 0.2) is 0 Å². The summed E-state index contributed by atoms with van der Waals surface area (Å²) >= 11 is 1.62. The van der Waals surface area contributed by atoms with Crippen molar-refractivity contribution >= 4 is 11.8 Å². The number of aryl methyl sites for hydroxylation is 1. The molecule has 0 unspecified atom stereocenters. The highest BCUT2D eigenvalue weighted by atomic mass is 32.2. The number of aromatic nitrogens is 4. The Kier molecular flexibility index (Phi) is 4.11. The zero-order valence-electron chi connectivity index (χ0n) is 9.71. The van der Waals surface area contributed by atoms with Crippen LogP contribution in [-0.4, -0.2) is 26.8 Å². The van der Waals surface area contributed by atoms with E-state index in [1.807, 2.05) is 0 Å². The molecule has 2 N–H and O–H groups in total. The summed E-state index contributed by atoms with van der Waals surface area (Å²) in [4.78, 5) is 0. The van der Waals surface area contributed by atoms with E-state index in [0.717, 1.165) is 10.9 Å². The van der Waals surface area contributed by atoms with Crippen molar-refractivity contribution in [2.24, 2.45) is 5.73 Å². The molecular formula is C11H15N5S. The van der Waals surface area contributed by atoms with E-state index in [4.69, 9.17) is 5.73 Å². The van der Waals surface area contributed by atoms with Gasteiger partial charge >= 0.3 is 0 Å². The zero-order chi connectivity index (χ0) is 12.1. The summed E-state index contributed by atoms with van der Waals surface area (Å²) in [7, 11) is 0. The van der Waals surface area contributed by atoms with Gasteiger partial charge in [0.05, 0.1) is 6.54 Å². The lowest BCUT2D eigenvalue weighted by Gasteiger charge is -2.03. The van der Waals surface area contributed by atoms with Gasteiger partial charge < -0.3 is 5.73 Å². The Morgan fingerprint density at radius 3 is 2.76 bits per heavy atom. The average molecular weight is 249 g/mol. The summed E-state index contributed by atoms with van der Waals surface area (Å²) in [6.07, 6.45) is 0. The first-order chi connectivity index (χ1) is 8.29. The Bertz CT molecular complexity index is 465. The molecule has 1 aromatic carbocycles. The van der Waals surface area contributed by atoms with E-state index in [0.29, 0.717) is 13.1 Å². The predicted molar refractivity (Wildman–Crippen MR) is 67.6 cm³/mol. The average Bonchev–Trinajstić information content (AvgIpc) is 2.77. The maximum Gasteiger partial charge on any atom is 0.209 e. The molecule has 0 bridgehead atoms. The molecule has 0 aliphatic carbocycles. The molecule has 0 spiro atoms. The summed E-state index contributed by atoms with van der Waals surface area (Å²) in [5.41, 5.74) is 8.02. The number of nitrogens with two attached hydrogens (primary N) is 1. The Morgan fingerprint density at radius 2 is 2.06 bits per heavy atom. The highest BCUT2D eigenvalue weighted by Crippen LogP contribution is 2.19. The fraction of sp³-hybridized carbons (Fsp3) is 0.364. The highest BCUT2D eigenvalue weighted by molar-refractivity contribution is 7.98. The van der Waals surface area contributed by atoms with Gasteiger partial charge in [0.25, 0.3) is 0 Å². The Morgan fingerprint density at radius 1 is 1.29 bits per heavy atom. The van der Waals surface area contributed by atoms with Gasteiger partial charge in [0, 0.05) is 12.3 Å². The van der Waals surface area contributed by atoms with Crippen molar-refractivity contribution in [3.05, 3.63) is 35.4 Å². The van der Waals surface area contributed by atoms with Crippen LogP contribution in [0.15, 0.2) is 29.4 Å². The summed E-state index contributed by atoms with van der Waals surface area (Å²) in [6.45, 7) is 3.28. The molecule has 0 aliphatic heterocycles. The van der Waals surface area contributed by atoms with Crippen molar-refractivity contribution < 1.29 is 0 Å². The van der Waals surface area contributed by atoms with Gasteiger partial charge in [-0.3, -0.25) is 0 Å². The molecule has 0 radical (unpaired) electrons. The molecule has 17 heavy (non-hydrogen) atoms. The van der Waals surface area contributed by atoms with Crippen molar-refractivity contribution in [1.29, 1.82) is 0 Å². The summed E-state index contributed by atoms with van der Waals surface area (Å²) in [6, 6.07) is 8.47. The molecule has 0 fully saturated rings. The molecule has 5 nitrogen and oxygen atoms in total. The van der Waals surface area contributed by atoms with Gasteiger partial charge in [-0.25, -0.2) is 4.68 Å². The van der Waals surface area contributed by atoms with Crippen LogP contribution in [0.3, 0.4) is 0 Å². The lowest BCUT2D eigenvalue weighted by atomic mass is 10.2. The van der Waals surface area contributed by atoms with Crippen molar-refractivity contribution in [1.82, 2.24) is 20.2 Å². The molecule has 1 aromatic heterocycles. The standard InChI is InChI=1S/C11H15N5S/c1-9-2-4-10(5-3-9)8-17-11-13-14-15-16(11)7-6-12/h2-5H,6-8,12H2,1H3. The summed E-state index contributed by atoms with van der Waals surface area (Å²) < 4.78 is 1.73. The number of thioether (sulfide) groups is 1. The molecule has 0 saturated carbocycles. The van der Waals surface area contributed by atoms with E-state index < -0.39 is 0 Å². The monoisotopic (exact) mass is 249 g/mol. The number of tetrazole rings is 1. The predicted octanol–water partition coefficient (Wildman–Crippen LogP) is 1.23. The SMILES string of the molecule is Cc1ccc(CSc2nnnn2CCN)cc1. The van der Waals surface area contributed by atoms with E-state index >= 15 is 0 Å². The molecule has 1 heterocycles. The first-order valence-corrected chi connectivity index (χ1v) is 6.43. The number of nitrogens with zero attached hydrogens (tertiary/aromatic N) is 4. The Labute approximate surface area is 104 Å². The minimum atomic E-state index is 0.545. The van der Waals surface area contributed by atoms with Crippen LogP contribution in [0.1, 0.15) is 11.1 Å². The van der Waals surface area contributed by atoms with Crippen molar-refractivity contribution in [3.8, 4) is 0 Å². The van der Waals surface area contributed by atoms with Crippen LogP contribution < -0.4 is 5.73 Å². The Hall–Kier alpha value is -1.40. The topological polar surface area (TPSA) is 69.6 Å². The van der Waals surface area contributed by atoms with Gasteiger partial charge in [0.2, 0.25) is 5.16 Å². The van der Waals surface area contributed by atoms with Crippen LogP contribution >= 0.6 is 11.8 Å². The van der Waals surface area contributed by atoms with Crippen LogP contribution in [0.4, 0.5) is 0 Å². The fourth-order valence-electron chi connectivity index (χ4n) is 1.39. The Balaban J connectivity index is 1.97. The molecular weight excluding hydrogens is 234 g/mol. The third-order valence-corrected chi connectivity index (χ3v) is 3.36. The molecule has 2 rings (SSSR count). The minimum absolute atomic E-state index is 0.545. The van der Waals surface area contributed by atoms with Gasteiger partial charge in [-0.15, -0.1) is 5.10 Å². The molecule has 0 saturated heterocycles. The lowest BCUT2D eigenvalue weighted by molar-refractivity contribution is 0.557. The van der Waals surface area contributed by atoms with Crippen LogP contribution in [0.25, 0.3) is 0 Å². The maximum atomic E-state index is 5.49. The largest absolute Gasteiger partial charge is 0.329 e. The van der Waals surface area contributed by atoms with E-state index in [1.165, 1.54) is 11.1 Å². The second-order valence-electron chi connectivity index (χ2n) is 3.75. The number of rotatable bonds is 5. The van der Waals surface area contributed by atoms with Crippen LogP contribution in [-0.2, 0) is 12.3 Å². The minimum Gasteiger partial charge on any atom is -0.329 e. The highest BCUT2D eigenvalue weighted by Gasteiger charge is 2.05. The van der Waals surface area contributed by atoms with E-state index in [2.05, 4.69) is 46.7 Å². The number of hydrogen-bond acceptors (Lipinski definition) is 5. The molecule has 0 amide bonds. The quantitative estimate of drug-likeness (QED) is 0.807. The normalized spacial score (nSPS) is 10.7.